The average Bonchev–Trinajstić information content (AvgIpc) is 2.71. The van der Waals surface area contributed by atoms with Crippen LogP contribution >= 0.6 is 0 Å². The Kier molecular flexibility index (Phi) is 3.08. The first-order valence-electron chi connectivity index (χ1n) is 5.54. The van der Waals surface area contributed by atoms with E-state index in [1.165, 1.54) is 7.11 Å². The van der Waals surface area contributed by atoms with Crippen molar-refractivity contribution in [2.24, 2.45) is 5.92 Å². The Labute approximate surface area is 99.4 Å². The number of aromatic nitrogens is 3. The minimum absolute atomic E-state index is 0.390. The summed E-state index contributed by atoms with van der Waals surface area (Å²) in [4.78, 5) is 11.6. The molecule has 5 nitrogen and oxygen atoms in total. The predicted molar refractivity (Wildman–Crippen MR) is 62.9 cm³/mol. The number of hydrogen-bond donors (Lipinski definition) is 0. The number of hydrogen-bond acceptors (Lipinski definition) is 4. The van der Waals surface area contributed by atoms with Crippen molar-refractivity contribution >= 4 is 11.6 Å². The van der Waals surface area contributed by atoms with Gasteiger partial charge in [-0.15, -0.1) is 10.2 Å². The van der Waals surface area contributed by atoms with Crippen molar-refractivity contribution in [1.82, 2.24) is 14.6 Å². The molecular weight excluding hydrogens is 218 g/mol. The molecule has 0 aliphatic heterocycles. The van der Waals surface area contributed by atoms with Crippen molar-refractivity contribution in [3.8, 4) is 0 Å². The number of carbonyl (C=O) groups excluding carboxylic acids is 1. The monoisotopic (exact) mass is 233 g/mol. The summed E-state index contributed by atoms with van der Waals surface area (Å²) < 4.78 is 6.55. The van der Waals surface area contributed by atoms with Gasteiger partial charge in [0.05, 0.1) is 7.11 Å². The largest absolute Gasteiger partial charge is 0.465 e. The summed E-state index contributed by atoms with van der Waals surface area (Å²) >= 11 is 0. The lowest BCUT2D eigenvalue weighted by Crippen LogP contribution is -2.05. The van der Waals surface area contributed by atoms with E-state index >= 15 is 0 Å². The summed E-state index contributed by atoms with van der Waals surface area (Å²) in [6.45, 7) is 4.23. The van der Waals surface area contributed by atoms with Gasteiger partial charge >= 0.3 is 5.97 Å². The molecule has 0 N–H and O–H groups in total. The van der Waals surface area contributed by atoms with Crippen molar-refractivity contribution in [1.29, 1.82) is 0 Å². The number of carbonyl (C=O) groups is 1. The summed E-state index contributed by atoms with van der Waals surface area (Å²) in [5.74, 6) is 0.962. The number of pyridine rings is 1. The quantitative estimate of drug-likeness (QED) is 0.757. The molecule has 90 valence electrons. The zero-order valence-electron chi connectivity index (χ0n) is 10.2. The molecule has 2 heterocycles. The summed E-state index contributed by atoms with van der Waals surface area (Å²) in [5.41, 5.74) is 0.993. The highest BCUT2D eigenvalue weighted by Crippen LogP contribution is 2.13. The maximum absolute atomic E-state index is 11.6. The van der Waals surface area contributed by atoms with Crippen LogP contribution in [-0.4, -0.2) is 27.7 Å². The molecule has 0 aromatic carbocycles. The molecule has 0 aliphatic rings. The third kappa shape index (κ3) is 2.13. The van der Waals surface area contributed by atoms with Crippen LogP contribution in [0.3, 0.4) is 0 Å². The molecule has 0 spiro atoms. The molecule has 0 bridgehead atoms. The minimum Gasteiger partial charge on any atom is -0.465 e. The number of nitrogens with zero attached hydrogens (tertiary/aromatic N) is 3. The van der Waals surface area contributed by atoms with Crippen LogP contribution in [0.5, 0.6) is 0 Å². The van der Waals surface area contributed by atoms with Gasteiger partial charge < -0.3 is 4.74 Å². The Balaban J connectivity index is 2.52. The smallest absolute Gasteiger partial charge is 0.341 e. The second kappa shape index (κ2) is 4.53. The molecular formula is C12H15N3O2. The van der Waals surface area contributed by atoms with E-state index in [9.17, 15) is 4.79 Å². The van der Waals surface area contributed by atoms with E-state index in [0.29, 0.717) is 17.1 Å². The van der Waals surface area contributed by atoms with Gasteiger partial charge in [0.2, 0.25) is 0 Å². The molecule has 0 amide bonds. The zero-order valence-corrected chi connectivity index (χ0v) is 10.2. The summed E-state index contributed by atoms with van der Waals surface area (Å²) in [7, 11) is 1.36. The number of methoxy groups -OCH3 is 1. The summed E-state index contributed by atoms with van der Waals surface area (Å²) in [5, 5.41) is 8.17. The third-order valence-electron chi connectivity index (χ3n) is 2.50. The summed E-state index contributed by atoms with van der Waals surface area (Å²) in [6.07, 6.45) is 2.69. The number of ether oxygens (including phenoxy) is 1. The van der Waals surface area contributed by atoms with Crippen LogP contribution in [0.2, 0.25) is 0 Å². The van der Waals surface area contributed by atoms with Gasteiger partial charge in [0.15, 0.2) is 5.65 Å². The third-order valence-corrected chi connectivity index (χ3v) is 2.50. The molecule has 0 aliphatic carbocycles. The molecule has 2 rings (SSSR count). The van der Waals surface area contributed by atoms with Crippen LogP contribution in [0.25, 0.3) is 5.65 Å². The highest BCUT2D eigenvalue weighted by Gasteiger charge is 2.15. The van der Waals surface area contributed by atoms with Crippen molar-refractivity contribution in [3.05, 3.63) is 29.7 Å². The topological polar surface area (TPSA) is 56.5 Å². The van der Waals surface area contributed by atoms with E-state index in [0.717, 1.165) is 12.2 Å². The Morgan fingerprint density at radius 1 is 1.47 bits per heavy atom. The average molecular weight is 233 g/mol. The number of rotatable bonds is 3. The lowest BCUT2D eigenvalue weighted by atomic mass is 10.1. The predicted octanol–water partition coefficient (Wildman–Crippen LogP) is 1.71. The Bertz CT molecular complexity index is 546. The van der Waals surface area contributed by atoms with Crippen LogP contribution in [0.1, 0.15) is 30.0 Å². The van der Waals surface area contributed by atoms with Gasteiger partial charge in [-0.25, -0.2) is 4.79 Å². The Morgan fingerprint density at radius 2 is 2.24 bits per heavy atom. The maximum atomic E-state index is 11.6. The van der Waals surface area contributed by atoms with Crippen LogP contribution in [0.4, 0.5) is 0 Å². The van der Waals surface area contributed by atoms with Crippen molar-refractivity contribution in [2.45, 2.75) is 20.3 Å². The molecule has 0 saturated carbocycles. The van der Waals surface area contributed by atoms with Gasteiger partial charge in [-0.05, 0) is 18.1 Å². The molecule has 0 radical (unpaired) electrons. The van der Waals surface area contributed by atoms with E-state index in [1.54, 1.807) is 12.1 Å². The number of fused-ring (bicyclic) bond motifs is 1. The second-order valence-electron chi connectivity index (χ2n) is 4.32. The first kappa shape index (κ1) is 11.6. The molecule has 2 aromatic heterocycles. The second-order valence-corrected chi connectivity index (χ2v) is 4.32. The SMILES string of the molecule is COC(=O)c1cccn2c(CC(C)C)nnc12. The lowest BCUT2D eigenvalue weighted by molar-refractivity contribution is 0.0602. The fourth-order valence-electron chi connectivity index (χ4n) is 1.74. The van der Waals surface area contributed by atoms with Crippen LogP contribution in [0, 0.1) is 5.92 Å². The zero-order chi connectivity index (χ0) is 12.4. The molecule has 2 aromatic rings. The van der Waals surface area contributed by atoms with E-state index < -0.39 is 0 Å². The van der Waals surface area contributed by atoms with Crippen molar-refractivity contribution < 1.29 is 9.53 Å². The first-order chi connectivity index (χ1) is 8.13. The lowest BCUT2D eigenvalue weighted by Gasteiger charge is -2.04. The Morgan fingerprint density at radius 3 is 2.88 bits per heavy atom. The van der Waals surface area contributed by atoms with Crippen molar-refractivity contribution in [2.75, 3.05) is 7.11 Å². The highest BCUT2D eigenvalue weighted by molar-refractivity contribution is 5.95. The van der Waals surface area contributed by atoms with Gasteiger partial charge in [-0.3, -0.25) is 4.40 Å². The fraction of sp³-hybridized carbons (Fsp3) is 0.417. The van der Waals surface area contributed by atoms with E-state index in [1.807, 2.05) is 10.6 Å². The highest BCUT2D eigenvalue weighted by atomic mass is 16.5. The van der Waals surface area contributed by atoms with E-state index in [4.69, 9.17) is 4.74 Å². The van der Waals surface area contributed by atoms with Gasteiger partial charge in [-0.2, -0.15) is 0 Å². The molecule has 0 fully saturated rings. The first-order valence-corrected chi connectivity index (χ1v) is 5.54. The molecule has 5 heteroatoms. The van der Waals surface area contributed by atoms with Crippen molar-refractivity contribution in [3.63, 3.8) is 0 Å². The molecule has 17 heavy (non-hydrogen) atoms. The van der Waals surface area contributed by atoms with Crippen LogP contribution in [0.15, 0.2) is 18.3 Å². The van der Waals surface area contributed by atoms with Gasteiger partial charge in [0.1, 0.15) is 11.4 Å². The summed E-state index contributed by atoms with van der Waals surface area (Å²) in [6, 6.07) is 3.49. The fourth-order valence-corrected chi connectivity index (χ4v) is 1.74. The molecule has 0 saturated heterocycles. The maximum Gasteiger partial charge on any atom is 0.341 e. The van der Waals surface area contributed by atoms with E-state index in [-0.39, 0.29) is 5.97 Å². The van der Waals surface area contributed by atoms with Crippen LogP contribution in [-0.2, 0) is 11.2 Å². The van der Waals surface area contributed by atoms with Gasteiger partial charge in [0.25, 0.3) is 0 Å². The standard InChI is InChI=1S/C12H15N3O2/c1-8(2)7-10-13-14-11-9(12(16)17-3)5-4-6-15(10)11/h4-6,8H,7H2,1-3H3. The van der Waals surface area contributed by atoms with Gasteiger partial charge in [-0.1, -0.05) is 13.8 Å². The van der Waals surface area contributed by atoms with E-state index in [2.05, 4.69) is 24.0 Å². The molecule has 0 unspecified atom stereocenters. The number of esters is 1. The van der Waals surface area contributed by atoms with Crippen LogP contribution < -0.4 is 0 Å². The minimum atomic E-state index is -0.390. The normalized spacial score (nSPS) is 11.1. The Hall–Kier alpha value is -1.91. The van der Waals surface area contributed by atoms with Gasteiger partial charge in [0, 0.05) is 12.6 Å². The molecule has 0 atom stereocenters.